The van der Waals surface area contributed by atoms with Gasteiger partial charge in [0.25, 0.3) is 5.56 Å². The molecule has 0 aliphatic carbocycles. The quantitative estimate of drug-likeness (QED) is 0.776. The molecule has 1 heterocycles. The number of unbranched alkanes of at least 4 members (excludes halogenated alkanes) is 1. The highest BCUT2D eigenvalue weighted by atomic mass is 16.2. The first kappa shape index (κ1) is 13.5. The van der Waals surface area contributed by atoms with Gasteiger partial charge in [-0.15, -0.1) is 0 Å². The number of rotatable bonds is 5. The van der Waals surface area contributed by atoms with Crippen molar-refractivity contribution in [1.82, 2.24) is 9.47 Å². The summed E-state index contributed by atoms with van der Waals surface area (Å²) in [4.78, 5) is 25.1. The Morgan fingerprint density at radius 3 is 2.76 bits per heavy atom. The Kier molecular flexibility index (Phi) is 4.94. The molecule has 94 valence electrons. The van der Waals surface area contributed by atoms with Crippen LogP contribution < -0.4 is 5.56 Å². The normalized spacial score (nSPS) is 10.3. The number of nitrogens with zero attached hydrogens (tertiary/aromatic N) is 2. The fourth-order valence-corrected chi connectivity index (χ4v) is 1.56. The molecule has 0 aliphatic rings. The highest BCUT2D eigenvalue weighted by Crippen LogP contribution is 1.96. The number of carbonyl (C=O) groups is 1. The zero-order valence-electron chi connectivity index (χ0n) is 10.8. The van der Waals surface area contributed by atoms with Gasteiger partial charge in [-0.05, 0) is 18.9 Å². The molecule has 0 fully saturated rings. The first-order valence-corrected chi connectivity index (χ1v) is 5.95. The van der Waals surface area contributed by atoms with Crippen molar-refractivity contribution in [2.24, 2.45) is 0 Å². The second-order valence-electron chi connectivity index (χ2n) is 4.34. The van der Waals surface area contributed by atoms with Crippen LogP contribution in [0, 0.1) is 6.92 Å². The van der Waals surface area contributed by atoms with Crippen molar-refractivity contribution < 1.29 is 4.79 Å². The minimum Gasteiger partial charge on any atom is -0.344 e. The molecule has 1 amide bonds. The smallest absolute Gasteiger partial charge is 0.251 e. The second kappa shape index (κ2) is 6.23. The summed E-state index contributed by atoms with van der Waals surface area (Å²) in [6, 6.07) is 3.25. The molecule has 0 unspecified atom stereocenters. The molecule has 0 saturated carbocycles. The van der Waals surface area contributed by atoms with Gasteiger partial charge in [-0.3, -0.25) is 9.59 Å². The first-order valence-electron chi connectivity index (χ1n) is 5.95. The van der Waals surface area contributed by atoms with Gasteiger partial charge in [0.2, 0.25) is 5.91 Å². The van der Waals surface area contributed by atoms with Crippen LogP contribution >= 0.6 is 0 Å². The standard InChI is InChI=1S/C13H20N2O2/c1-4-5-8-14(3)13(17)10-15-9-11(2)6-7-12(15)16/h6-7,9H,4-5,8,10H2,1-3H3. The van der Waals surface area contributed by atoms with E-state index in [1.54, 1.807) is 24.2 Å². The summed E-state index contributed by atoms with van der Waals surface area (Å²) in [5.41, 5.74) is 0.849. The van der Waals surface area contributed by atoms with Gasteiger partial charge >= 0.3 is 0 Å². The Morgan fingerprint density at radius 2 is 2.12 bits per heavy atom. The van der Waals surface area contributed by atoms with Crippen molar-refractivity contribution >= 4 is 5.91 Å². The summed E-state index contributed by atoms with van der Waals surface area (Å²) >= 11 is 0. The van der Waals surface area contributed by atoms with Crippen molar-refractivity contribution in [2.75, 3.05) is 13.6 Å². The third-order valence-corrected chi connectivity index (χ3v) is 2.71. The Balaban J connectivity index is 2.67. The summed E-state index contributed by atoms with van der Waals surface area (Å²) < 4.78 is 1.46. The van der Waals surface area contributed by atoms with E-state index in [0.29, 0.717) is 0 Å². The van der Waals surface area contributed by atoms with Crippen molar-refractivity contribution in [1.29, 1.82) is 0 Å². The number of hydrogen-bond donors (Lipinski definition) is 0. The highest BCUT2D eigenvalue weighted by molar-refractivity contribution is 5.75. The molecule has 0 N–H and O–H groups in total. The fraction of sp³-hybridized carbons (Fsp3) is 0.538. The third-order valence-electron chi connectivity index (χ3n) is 2.71. The maximum Gasteiger partial charge on any atom is 0.251 e. The Bertz CT molecular complexity index is 437. The molecule has 0 radical (unpaired) electrons. The molecule has 0 spiro atoms. The SMILES string of the molecule is CCCCN(C)C(=O)Cn1cc(C)ccc1=O. The van der Waals surface area contributed by atoms with Gasteiger partial charge in [0, 0.05) is 25.9 Å². The second-order valence-corrected chi connectivity index (χ2v) is 4.34. The molecule has 4 heteroatoms. The lowest BCUT2D eigenvalue weighted by molar-refractivity contribution is -0.130. The largest absolute Gasteiger partial charge is 0.344 e. The van der Waals surface area contributed by atoms with Crippen molar-refractivity contribution in [3.63, 3.8) is 0 Å². The molecule has 0 aromatic carbocycles. The maximum absolute atomic E-state index is 11.8. The molecule has 0 aliphatic heterocycles. The average molecular weight is 236 g/mol. The van der Waals surface area contributed by atoms with Gasteiger partial charge in [0.15, 0.2) is 0 Å². The van der Waals surface area contributed by atoms with Gasteiger partial charge < -0.3 is 9.47 Å². The van der Waals surface area contributed by atoms with E-state index in [-0.39, 0.29) is 18.0 Å². The molecule has 4 nitrogen and oxygen atoms in total. The minimum atomic E-state index is -0.132. The minimum absolute atomic E-state index is 0.0221. The number of hydrogen-bond acceptors (Lipinski definition) is 2. The predicted molar refractivity (Wildman–Crippen MR) is 68.0 cm³/mol. The van der Waals surface area contributed by atoms with E-state index in [9.17, 15) is 9.59 Å². The Morgan fingerprint density at radius 1 is 1.41 bits per heavy atom. The van der Waals surface area contributed by atoms with E-state index in [1.165, 1.54) is 10.6 Å². The van der Waals surface area contributed by atoms with Crippen LogP contribution in [0.25, 0.3) is 0 Å². The van der Waals surface area contributed by atoms with Gasteiger partial charge in [0.1, 0.15) is 6.54 Å². The molecule has 1 rings (SSSR count). The van der Waals surface area contributed by atoms with Gasteiger partial charge in [-0.25, -0.2) is 0 Å². The lowest BCUT2D eigenvalue weighted by Crippen LogP contribution is -2.34. The topological polar surface area (TPSA) is 42.3 Å². The molecule has 0 saturated heterocycles. The number of aromatic nitrogens is 1. The van der Waals surface area contributed by atoms with Gasteiger partial charge in [0.05, 0.1) is 0 Å². The zero-order valence-corrected chi connectivity index (χ0v) is 10.8. The summed E-state index contributed by atoms with van der Waals surface area (Å²) in [7, 11) is 1.78. The number of likely N-dealkylation sites (N-methyl/N-ethyl adjacent to an activating group) is 1. The van der Waals surface area contributed by atoms with Crippen molar-refractivity contribution in [2.45, 2.75) is 33.2 Å². The molecule has 1 aromatic rings. The van der Waals surface area contributed by atoms with E-state index in [0.717, 1.165) is 24.9 Å². The number of aryl methyl sites for hydroxylation is 1. The van der Waals surface area contributed by atoms with Gasteiger partial charge in [-0.1, -0.05) is 19.4 Å². The molecule has 17 heavy (non-hydrogen) atoms. The molecule has 0 bridgehead atoms. The van der Waals surface area contributed by atoms with Crippen molar-refractivity contribution in [3.8, 4) is 0 Å². The van der Waals surface area contributed by atoms with Crippen LogP contribution in [0.2, 0.25) is 0 Å². The van der Waals surface area contributed by atoms with Crippen LogP contribution in [0.1, 0.15) is 25.3 Å². The van der Waals surface area contributed by atoms with Crippen LogP contribution in [0.5, 0.6) is 0 Å². The van der Waals surface area contributed by atoms with E-state index in [1.807, 2.05) is 6.92 Å². The van der Waals surface area contributed by atoms with Crippen LogP contribution in [-0.2, 0) is 11.3 Å². The molecule has 0 atom stereocenters. The molecular weight excluding hydrogens is 216 g/mol. The van der Waals surface area contributed by atoms with Crippen LogP contribution in [0.15, 0.2) is 23.1 Å². The Labute approximate surface area is 102 Å². The number of pyridine rings is 1. The maximum atomic E-state index is 11.8. The lowest BCUT2D eigenvalue weighted by atomic mass is 10.3. The average Bonchev–Trinajstić information content (AvgIpc) is 2.30. The Hall–Kier alpha value is -1.58. The number of carbonyl (C=O) groups excluding carboxylic acids is 1. The molecule has 1 aromatic heterocycles. The highest BCUT2D eigenvalue weighted by Gasteiger charge is 2.09. The van der Waals surface area contributed by atoms with Crippen molar-refractivity contribution in [3.05, 3.63) is 34.2 Å². The summed E-state index contributed by atoms with van der Waals surface area (Å²) in [6.45, 7) is 4.86. The lowest BCUT2D eigenvalue weighted by Gasteiger charge is -2.17. The summed E-state index contributed by atoms with van der Waals surface area (Å²) in [5.74, 6) is -0.0221. The zero-order chi connectivity index (χ0) is 12.8. The van der Waals surface area contributed by atoms with E-state index in [2.05, 4.69) is 6.92 Å². The monoisotopic (exact) mass is 236 g/mol. The van der Waals surface area contributed by atoms with Gasteiger partial charge in [-0.2, -0.15) is 0 Å². The molecular formula is C13H20N2O2. The number of amides is 1. The van der Waals surface area contributed by atoms with Crippen LogP contribution in [0.4, 0.5) is 0 Å². The van der Waals surface area contributed by atoms with Crippen LogP contribution in [0.3, 0.4) is 0 Å². The predicted octanol–water partition coefficient (Wildman–Crippen LogP) is 1.42. The fourth-order valence-electron chi connectivity index (χ4n) is 1.56. The van der Waals surface area contributed by atoms with E-state index >= 15 is 0 Å². The summed E-state index contributed by atoms with van der Waals surface area (Å²) in [6.07, 6.45) is 3.76. The van der Waals surface area contributed by atoms with Crippen LogP contribution in [-0.4, -0.2) is 29.0 Å². The van der Waals surface area contributed by atoms with E-state index in [4.69, 9.17) is 0 Å². The third kappa shape index (κ3) is 4.06. The first-order chi connectivity index (χ1) is 8.04. The summed E-state index contributed by atoms with van der Waals surface area (Å²) in [5, 5.41) is 0. The van der Waals surface area contributed by atoms with E-state index < -0.39 is 0 Å².